The van der Waals surface area contributed by atoms with Gasteiger partial charge in [0, 0.05) is 31.1 Å². The number of ketones is 2. The van der Waals surface area contributed by atoms with E-state index in [1.54, 1.807) is 39.0 Å². The van der Waals surface area contributed by atoms with Crippen LogP contribution in [0.2, 0.25) is 0 Å². The summed E-state index contributed by atoms with van der Waals surface area (Å²) < 4.78 is 17.5. The Balaban J connectivity index is 1.99. The van der Waals surface area contributed by atoms with Crippen molar-refractivity contribution in [2.75, 3.05) is 0 Å². The van der Waals surface area contributed by atoms with Gasteiger partial charge in [0.15, 0.2) is 17.5 Å². The number of aliphatic hydroxyl groups excluding tert-OH is 1. The van der Waals surface area contributed by atoms with Crippen LogP contribution in [-0.4, -0.2) is 69.7 Å². The van der Waals surface area contributed by atoms with Gasteiger partial charge >= 0.3 is 17.9 Å². The van der Waals surface area contributed by atoms with Gasteiger partial charge in [-0.3, -0.25) is 19.2 Å². The molecule has 0 heterocycles. The molecule has 4 rings (SSSR count). The monoisotopic (exact) mass is 570 g/mol. The fraction of sp³-hybridized carbons (Fsp3) is 0.581. The Morgan fingerprint density at radius 3 is 2.07 bits per heavy atom. The first-order valence-corrected chi connectivity index (χ1v) is 13.7. The summed E-state index contributed by atoms with van der Waals surface area (Å²) in [5.74, 6) is -5.87. The number of carbonyl (C=O) groups excluding carboxylic acids is 5. The maximum Gasteiger partial charge on any atom is 0.338 e. The highest BCUT2D eigenvalue weighted by Crippen LogP contribution is 2.66. The van der Waals surface area contributed by atoms with Crippen molar-refractivity contribution in [1.82, 2.24) is 0 Å². The van der Waals surface area contributed by atoms with E-state index in [2.05, 4.69) is 6.58 Å². The largest absolute Gasteiger partial charge is 0.458 e. The van der Waals surface area contributed by atoms with Gasteiger partial charge in [-0.1, -0.05) is 45.0 Å². The lowest BCUT2D eigenvalue weighted by molar-refractivity contribution is -0.293. The van der Waals surface area contributed by atoms with Gasteiger partial charge in [0.25, 0.3) is 0 Å². The van der Waals surface area contributed by atoms with Gasteiger partial charge in [0.2, 0.25) is 0 Å². The average molecular weight is 571 g/mol. The molecule has 10 nitrogen and oxygen atoms in total. The number of hydrogen-bond acceptors (Lipinski definition) is 10. The second kappa shape index (κ2) is 10.2. The minimum atomic E-state index is -2.55. The first-order valence-electron chi connectivity index (χ1n) is 13.7. The molecular weight excluding hydrogens is 532 g/mol. The summed E-state index contributed by atoms with van der Waals surface area (Å²) in [6.07, 6.45) is -4.92. The fourth-order valence-corrected chi connectivity index (χ4v) is 7.83. The van der Waals surface area contributed by atoms with Gasteiger partial charge in [-0.25, -0.2) is 4.79 Å². The number of hydrogen-bond donors (Lipinski definition) is 2. The molecule has 0 aliphatic heterocycles. The third kappa shape index (κ3) is 4.52. The van der Waals surface area contributed by atoms with Crippen LogP contribution in [0, 0.1) is 28.1 Å². The van der Waals surface area contributed by atoms with Gasteiger partial charge in [-0.05, 0) is 31.4 Å². The lowest BCUT2D eigenvalue weighted by Gasteiger charge is -2.67. The van der Waals surface area contributed by atoms with Gasteiger partial charge in [-0.2, -0.15) is 0 Å². The van der Waals surface area contributed by atoms with Crippen molar-refractivity contribution >= 4 is 29.5 Å². The van der Waals surface area contributed by atoms with Gasteiger partial charge in [0.1, 0.15) is 18.0 Å². The van der Waals surface area contributed by atoms with Crippen molar-refractivity contribution < 1.29 is 48.4 Å². The zero-order valence-corrected chi connectivity index (χ0v) is 24.2. The quantitative estimate of drug-likeness (QED) is 0.307. The van der Waals surface area contributed by atoms with Crippen LogP contribution in [0.15, 0.2) is 43.0 Å². The third-order valence-electron chi connectivity index (χ3n) is 9.66. The Morgan fingerprint density at radius 1 is 0.951 bits per heavy atom. The van der Waals surface area contributed by atoms with Crippen LogP contribution < -0.4 is 0 Å². The number of aliphatic hydroxyl groups is 2. The first kappa shape index (κ1) is 30.6. The third-order valence-corrected chi connectivity index (χ3v) is 9.66. The van der Waals surface area contributed by atoms with Crippen molar-refractivity contribution in [2.45, 2.75) is 84.4 Å². The van der Waals surface area contributed by atoms with Crippen molar-refractivity contribution in [3.05, 3.63) is 48.6 Å². The van der Waals surface area contributed by atoms with E-state index >= 15 is 0 Å². The summed E-state index contributed by atoms with van der Waals surface area (Å²) in [5.41, 5.74) is -6.48. The zero-order valence-electron chi connectivity index (χ0n) is 24.2. The molecule has 10 heteroatoms. The van der Waals surface area contributed by atoms with Gasteiger partial charge in [0.05, 0.1) is 23.0 Å². The Kier molecular flexibility index (Phi) is 7.58. The normalized spacial score (nSPS) is 39.5. The van der Waals surface area contributed by atoms with E-state index in [1.165, 1.54) is 32.1 Å². The van der Waals surface area contributed by atoms with E-state index in [1.807, 2.05) is 0 Å². The molecule has 1 aromatic rings. The highest BCUT2D eigenvalue weighted by Gasteiger charge is 2.77. The van der Waals surface area contributed by atoms with Crippen LogP contribution in [-0.2, 0) is 33.4 Å². The highest BCUT2D eigenvalue weighted by molar-refractivity contribution is 6.06. The molecule has 41 heavy (non-hydrogen) atoms. The Morgan fingerprint density at radius 2 is 1.54 bits per heavy atom. The molecule has 2 N–H and O–H groups in total. The number of fused-ring (bicyclic) bond motifs is 3. The maximum absolute atomic E-state index is 14.1. The van der Waals surface area contributed by atoms with E-state index in [0.29, 0.717) is 0 Å². The zero-order chi connectivity index (χ0) is 30.7. The molecule has 0 bridgehead atoms. The van der Waals surface area contributed by atoms with E-state index in [-0.39, 0.29) is 18.4 Å². The molecule has 3 saturated carbocycles. The molecule has 1 unspecified atom stereocenters. The number of Topliss-reactive ketones (excluding diaryl/α,β-unsaturated/α-hetero) is 2. The lowest BCUT2D eigenvalue weighted by Crippen LogP contribution is -2.79. The van der Waals surface area contributed by atoms with Crippen LogP contribution in [0.5, 0.6) is 0 Å². The minimum Gasteiger partial charge on any atom is -0.458 e. The molecule has 0 amide bonds. The maximum atomic E-state index is 14.1. The van der Waals surface area contributed by atoms with E-state index in [0.717, 1.165) is 6.92 Å². The van der Waals surface area contributed by atoms with Crippen molar-refractivity contribution in [3.63, 3.8) is 0 Å². The Labute approximate surface area is 239 Å². The summed E-state index contributed by atoms with van der Waals surface area (Å²) in [4.78, 5) is 66.2. The summed E-state index contributed by atoms with van der Waals surface area (Å²) in [5, 5.41) is 23.5. The molecule has 1 aromatic carbocycles. The van der Waals surface area contributed by atoms with Crippen molar-refractivity contribution in [2.24, 2.45) is 28.1 Å². The highest BCUT2D eigenvalue weighted by atomic mass is 16.6. The molecule has 3 fully saturated rings. The first-order chi connectivity index (χ1) is 19.0. The van der Waals surface area contributed by atoms with Crippen LogP contribution in [0.1, 0.15) is 64.7 Å². The lowest BCUT2D eigenvalue weighted by atomic mass is 9.39. The topological polar surface area (TPSA) is 154 Å². The van der Waals surface area contributed by atoms with Crippen molar-refractivity contribution in [3.8, 4) is 0 Å². The Hall–Kier alpha value is -3.37. The standard InChI is InChI=1S/C31H38O10/c1-8-29(6)15-19(34)23-30(7)20(14-21(35)31(23,38)27(29)37)28(4,5)24(40-17(3)33)22(39-16(2)32)25(30)41-26(36)18-12-10-9-11-13-18/h8-13,20-25,35,38H,1,14-15H2,2-7H3/t20-,21+,22-,23?,24+,25-,29-,30-,31-/m0/s1. The van der Waals surface area contributed by atoms with Crippen LogP contribution in [0.25, 0.3) is 0 Å². The van der Waals surface area contributed by atoms with Gasteiger partial charge < -0.3 is 24.4 Å². The van der Waals surface area contributed by atoms with Crippen LogP contribution in [0.3, 0.4) is 0 Å². The number of benzene rings is 1. The molecule has 0 spiro atoms. The van der Waals surface area contributed by atoms with E-state index < -0.39 is 87.6 Å². The number of rotatable bonds is 5. The summed E-state index contributed by atoms with van der Waals surface area (Å²) in [6, 6.07) is 8.01. The average Bonchev–Trinajstić information content (AvgIpc) is 2.89. The fourth-order valence-electron chi connectivity index (χ4n) is 7.83. The summed E-state index contributed by atoms with van der Waals surface area (Å²) in [7, 11) is 0. The molecule has 3 aliphatic rings. The smallest absolute Gasteiger partial charge is 0.338 e. The SMILES string of the molecule is C=C[C@@]1(C)CC(=O)C2[C@@]3(C)[C@@H](OC(=O)c4ccccc4)[C@@H](OC(C)=O)[C@@H](OC(C)=O)C(C)(C)[C@@H]3C[C@@H](O)[C@@]2(O)C1=O. The summed E-state index contributed by atoms with van der Waals surface area (Å²) in [6.45, 7) is 12.6. The predicted octanol–water partition coefficient (Wildman–Crippen LogP) is 2.58. The second-order valence-electron chi connectivity index (χ2n) is 12.6. The predicted molar refractivity (Wildman–Crippen MR) is 144 cm³/mol. The molecular formula is C31H38O10. The molecule has 9 atom stereocenters. The number of allylic oxidation sites excluding steroid dienone is 1. The second-order valence-corrected chi connectivity index (χ2v) is 12.6. The van der Waals surface area contributed by atoms with Crippen LogP contribution in [0.4, 0.5) is 0 Å². The summed E-state index contributed by atoms with van der Waals surface area (Å²) >= 11 is 0. The van der Waals surface area contributed by atoms with E-state index in [4.69, 9.17) is 14.2 Å². The van der Waals surface area contributed by atoms with E-state index in [9.17, 15) is 34.2 Å². The van der Waals surface area contributed by atoms with Crippen molar-refractivity contribution in [1.29, 1.82) is 0 Å². The number of esters is 3. The molecule has 0 saturated heterocycles. The number of carbonyl (C=O) groups is 5. The Bertz CT molecular complexity index is 1290. The molecule has 222 valence electrons. The minimum absolute atomic E-state index is 0.166. The number of ether oxygens (including phenoxy) is 3. The van der Waals surface area contributed by atoms with Gasteiger partial charge in [-0.15, -0.1) is 6.58 Å². The molecule has 0 aromatic heterocycles. The molecule has 0 radical (unpaired) electrons. The molecule has 3 aliphatic carbocycles. The van der Waals surface area contributed by atoms with Crippen LogP contribution >= 0.6 is 0 Å².